The molecule has 3 saturated carbocycles. The summed E-state index contributed by atoms with van der Waals surface area (Å²) in [5, 5.41) is 122. The second kappa shape index (κ2) is 5.36. The van der Waals surface area contributed by atoms with E-state index in [1.807, 2.05) is 0 Å². The van der Waals surface area contributed by atoms with Crippen molar-refractivity contribution < 1.29 is 61.3 Å². The highest BCUT2D eigenvalue weighted by Crippen LogP contribution is 2.68. The van der Waals surface area contributed by atoms with Crippen molar-refractivity contribution in [2.45, 2.75) is 73.2 Å². The van der Waals surface area contributed by atoms with Gasteiger partial charge in [0.2, 0.25) is 34.7 Å². The van der Waals surface area contributed by atoms with Crippen LogP contribution in [-0.2, 0) is 0 Å². The van der Waals surface area contributed by atoms with Crippen molar-refractivity contribution >= 4 is 0 Å². The summed E-state index contributed by atoms with van der Waals surface area (Å²) in [7, 11) is 0. The first-order valence-corrected chi connectivity index (χ1v) is 8.57. The molecule has 2 atom stereocenters. The molecule has 12 N–H and O–H groups in total. The summed E-state index contributed by atoms with van der Waals surface area (Å²) in [6.45, 7) is 0. The van der Waals surface area contributed by atoms with Gasteiger partial charge >= 0.3 is 0 Å². The molecule has 0 radical (unpaired) electrons. The van der Waals surface area contributed by atoms with Crippen LogP contribution in [0, 0.1) is 17.3 Å². The van der Waals surface area contributed by atoms with Gasteiger partial charge in [0.15, 0.2) is 0 Å². The number of rotatable bonds is 2. The molecule has 0 aromatic carbocycles. The number of aliphatic hydroxyl groups is 12. The predicted octanol–water partition coefficient (Wildman–Crippen LogP) is -5.33. The summed E-state index contributed by atoms with van der Waals surface area (Å²) in [6.07, 6.45) is -3.70. The second-order valence-corrected chi connectivity index (χ2v) is 8.30. The van der Waals surface area contributed by atoms with Gasteiger partial charge in [0.05, 0.1) is 0 Å². The molecule has 3 aliphatic rings. The van der Waals surface area contributed by atoms with Gasteiger partial charge in [0, 0.05) is 36.5 Å². The Morgan fingerprint density at radius 3 is 1.04 bits per heavy atom. The molecule has 158 valence electrons. The predicted molar refractivity (Wildman–Crippen MR) is 80.1 cm³/mol. The summed E-state index contributed by atoms with van der Waals surface area (Å²) >= 11 is 0. The van der Waals surface area contributed by atoms with Crippen LogP contribution in [-0.4, -0.2) is 96.0 Å². The van der Waals surface area contributed by atoms with Crippen molar-refractivity contribution in [3.8, 4) is 0 Å². The van der Waals surface area contributed by atoms with E-state index in [1.54, 1.807) is 0 Å². The summed E-state index contributed by atoms with van der Waals surface area (Å²) in [5.74, 6) is -23.7. The van der Waals surface area contributed by atoms with Crippen molar-refractivity contribution in [1.29, 1.82) is 0 Å². The highest BCUT2D eigenvalue weighted by atomic mass is 16.6. The molecule has 3 aliphatic carbocycles. The molecule has 0 spiro atoms. The number of hydrogen-bond donors (Lipinski definition) is 12. The molecule has 0 aliphatic heterocycles. The first kappa shape index (κ1) is 21.2. The lowest BCUT2D eigenvalue weighted by Gasteiger charge is -2.54. The third kappa shape index (κ3) is 2.29. The van der Waals surface area contributed by atoms with E-state index in [0.29, 0.717) is 0 Å². The van der Waals surface area contributed by atoms with Crippen molar-refractivity contribution in [2.24, 2.45) is 17.3 Å². The van der Waals surface area contributed by atoms with Gasteiger partial charge in [0.25, 0.3) is 0 Å². The van der Waals surface area contributed by atoms with Crippen LogP contribution in [0.3, 0.4) is 0 Å². The van der Waals surface area contributed by atoms with E-state index in [0.717, 1.165) is 0 Å². The monoisotopic (exact) mass is 398 g/mol. The van der Waals surface area contributed by atoms with Crippen LogP contribution in [0.2, 0.25) is 0 Å². The Labute approximate surface area is 152 Å². The Morgan fingerprint density at radius 2 is 0.815 bits per heavy atom. The van der Waals surface area contributed by atoms with Crippen molar-refractivity contribution in [2.75, 3.05) is 0 Å². The standard InChI is InChI=1S/C15H26O12/c16-10(17)3-1-7(13(10,22)23)9(5-6-12(20,21)15(9,26)27)8-2-4-11(18,19)14(8,24)25/h7-8,16-27H,1-6H2. The second-order valence-electron chi connectivity index (χ2n) is 8.30. The van der Waals surface area contributed by atoms with Crippen LogP contribution in [0.1, 0.15) is 38.5 Å². The van der Waals surface area contributed by atoms with Gasteiger partial charge in [-0.2, -0.15) is 0 Å². The Kier molecular flexibility index (Phi) is 4.21. The van der Waals surface area contributed by atoms with E-state index >= 15 is 0 Å². The summed E-state index contributed by atoms with van der Waals surface area (Å²) < 4.78 is 0. The minimum Gasteiger partial charge on any atom is -0.361 e. The molecule has 0 saturated heterocycles. The molecule has 0 aromatic heterocycles. The maximum absolute atomic E-state index is 10.6. The molecule has 2 unspecified atom stereocenters. The molecule has 12 heteroatoms. The van der Waals surface area contributed by atoms with Gasteiger partial charge in [-0.15, -0.1) is 0 Å². The zero-order chi connectivity index (χ0) is 20.9. The lowest BCUT2D eigenvalue weighted by atomic mass is 9.57. The first-order valence-electron chi connectivity index (χ1n) is 8.57. The van der Waals surface area contributed by atoms with Crippen LogP contribution < -0.4 is 0 Å². The fourth-order valence-corrected chi connectivity index (χ4v) is 5.43. The molecular formula is C15H26O12. The van der Waals surface area contributed by atoms with Crippen LogP contribution in [0.4, 0.5) is 0 Å². The van der Waals surface area contributed by atoms with E-state index in [9.17, 15) is 61.3 Å². The third-order valence-electron chi connectivity index (χ3n) is 7.05. The SMILES string of the molecule is OC1(O)CCC(C2(C3CCC(O)(O)C3(O)O)CCC(O)(O)C2(O)O)C1(O)O. The van der Waals surface area contributed by atoms with Crippen molar-refractivity contribution in [3.05, 3.63) is 0 Å². The zero-order valence-corrected chi connectivity index (χ0v) is 14.3. The fraction of sp³-hybridized carbons (Fsp3) is 1.00. The van der Waals surface area contributed by atoms with Gasteiger partial charge in [-0.25, -0.2) is 0 Å². The maximum atomic E-state index is 10.6. The Hall–Kier alpha value is -0.480. The molecule has 3 fully saturated rings. The molecular weight excluding hydrogens is 372 g/mol. The topological polar surface area (TPSA) is 243 Å². The van der Waals surface area contributed by atoms with Gasteiger partial charge in [0.1, 0.15) is 0 Å². The van der Waals surface area contributed by atoms with Crippen LogP contribution in [0.5, 0.6) is 0 Å². The van der Waals surface area contributed by atoms with E-state index in [4.69, 9.17) is 0 Å². The Morgan fingerprint density at radius 1 is 0.444 bits per heavy atom. The first-order chi connectivity index (χ1) is 11.9. The zero-order valence-electron chi connectivity index (χ0n) is 14.3. The van der Waals surface area contributed by atoms with E-state index < -0.39 is 90.5 Å². The lowest BCUT2D eigenvalue weighted by Crippen LogP contribution is -2.71. The van der Waals surface area contributed by atoms with E-state index in [-0.39, 0.29) is 0 Å². The van der Waals surface area contributed by atoms with Crippen molar-refractivity contribution in [3.63, 3.8) is 0 Å². The van der Waals surface area contributed by atoms with Crippen LogP contribution in [0.15, 0.2) is 0 Å². The number of hydrogen-bond acceptors (Lipinski definition) is 12. The highest BCUT2D eigenvalue weighted by molar-refractivity contribution is 5.20. The fourth-order valence-electron chi connectivity index (χ4n) is 5.43. The molecule has 0 amide bonds. The summed E-state index contributed by atoms with van der Waals surface area (Å²) in [4.78, 5) is 0. The quantitative estimate of drug-likeness (QED) is 0.195. The van der Waals surface area contributed by atoms with E-state index in [2.05, 4.69) is 0 Å². The van der Waals surface area contributed by atoms with Crippen LogP contribution >= 0.6 is 0 Å². The van der Waals surface area contributed by atoms with Gasteiger partial charge in [-0.05, 0) is 19.3 Å². The summed E-state index contributed by atoms with van der Waals surface area (Å²) in [5.41, 5.74) is -2.57. The van der Waals surface area contributed by atoms with E-state index in [1.165, 1.54) is 0 Å². The normalized spacial score (nSPS) is 43.1. The third-order valence-corrected chi connectivity index (χ3v) is 7.05. The molecule has 0 aromatic rings. The van der Waals surface area contributed by atoms with Gasteiger partial charge in [-0.3, -0.25) is 0 Å². The largest absolute Gasteiger partial charge is 0.361 e. The Balaban J connectivity index is 2.23. The average molecular weight is 398 g/mol. The molecule has 0 bridgehead atoms. The minimum atomic E-state index is -3.59. The molecule has 3 rings (SSSR count). The molecule has 27 heavy (non-hydrogen) atoms. The van der Waals surface area contributed by atoms with Gasteiger partial charge < -0.3 is 61.3 Å². The molecule has 0 heterocycles. The minimum absolute atomic E-state index is 0.491. The summed E-state index contributed by atoms with van der Waals surface area (Å²) in [6, 6.07) is 0. The average Bonchev–Trinajstić information content (AvgIpc) is 2.90. The van der Waals surface area contributed by atoms with Crippen molar-refractivity contribution in [1.82, 2.24) is 0 Å². The highest BCUT2D eigenvalue weighted by Gasteiger charge is 2.81. The smallest absolute Gasteiger partial charge is 0.225 e. The van der Waals surface area contributed by atoms with Gasteiger partial charge in [-0.1, -0.05) is 0 Å². The Bertz CT molecular complexity index is 586. The van der Waals surface area contributed by atoms with Crippen LogP contribution in [0.25, 0.3) is 0 Å². The maximum Gasteiger partial charge on any atom is 0.225 e. The molecule has 12 nitrogen and oxygen atoms in total. The lowest BCUT2D eigenvalue weighted by molar-refractivity contribution is -0.437.